The fourth-order valence-electron chi connectivity index (χ4n) is 1.04. The van der Waals surface area contributed by atoms with Gasteiger partial charge in [0, 0.05) is 5.41 Å². The van der Waals surface area contributed by atoms with E-state index in [1.807, 2.05) is 0 Å². The van der Waals surface area contributed by atoms with Gasteiger partial charge in [0.25, 0.3) is 0 Å². The van der Waals surface area contributed by atoms with Crippen molar-refractivity contribution in [1.29, 1.82) is 0 Å². The number of rotatable bonds is 3. The molecule has 0 fully saturated rings. The Hall–Kier alpha value is -0.640. The minimum absolute atomic E-state index is 0.0573. The van der Waals surface area contributed by atoms with Gasteiger partial charge in [-0.2, -0.15) is 5.10 Å². The van der Waals surface area contributed by atoms with E-state index in [2.05, 4.69) is 31.0 Å². The zero-order chi connectivity index (χ0) is 9.19. The summed E-state index contributed by atoms with van der Waals surface area (Å²) in [4.78, 5) is 10.8. The monoisotopic (exact) mass is 186 g/mol. The zero-order valence-electron chi connectivity index (χ0n) is 7.68. The van der Waals surface area contributed by atoms with Crippen LogP contribution in [0.2, 0.25) is 0 Å². The third kappa shape index (κ3) is 1.58. The van der Waals surface area contributed by atoms with Crippen molar-refractivity contribution in [1.82, 2.24) is 10.2 Å². The predicted molar refractivity (Wildman–Crippen MR) is 50.7 cm³/mol. The maximum atomic E-state index is 10.9. The van der Waals surface area contributed by atoms with Crippen molar-refractivity contribution in [3.8, 4) is 0 Å². The Labute approximate surface area is 75.8 Å². The topological polar surface area (TPSA) is 45.8 Å². The molecule has 0 atom stereocenters. The van der Waals surface area contributed by atoms with Gasteiger partial charge >= 0.3 is 4.87 Å². The molecule has 68 valence electrons. The van der Waals surface area contributed by atoms with E-state index >= 15 is 0 Å². The highest BCUT2D eigenvalue weighted by Crippen LogP contribution is 2.30. The van der Waals surface area contributed by atoms with Crippen LogP contribution in [0, 0.1) is 0 Å². The van der Waals surface area contributed by atoms with E-state index in [9.17, 15) is 4.79 Å². The molecule has 0 aliphatic carbocycles. The summed E-state index contributed by atoms with van der Waals surface area (Å²) in [5.41, 5.74) is 0.0732. The van der Waals surface area contributed by atoms with Crippen LogP contribution in [0.3, 0.4) is 0 Å². The lowest BCUT2D eigenvalue weighted by molar-refractivity contribution is 0.433. The second kappa shape index (κ2) is 3.39. The standard InChI is InChI=1S/C8H14N2OS/c1-4-8(3,5-2)6-9-10-7(11)12-6/h4-5H2,1-3H3,(H,10,11). The molecule has 1 N–H and O–H groups in total. The molecule has 0 amide bonds. The number of aromatic amines is 1. The molecule has 4 heteroatoms. The minimum Gasteiger partial charge on any atom is -0.255 e. The van der Waals surface area contributed by atoms with Gasteiger partial charge in [-0.1, -0.05) is 32.1 Å². The van der Waals surface area contributed by atoms with Crippen LogP contribution in [0.25, 0.3) is 0 Å². The van der Waals surface area contributed by atoms with E-state index in [1.54, 1.807) is 0 Å². The maximum Gasteiger partial charge on any atom is 0.322 e. The molecule has 1 heterocycles. The highest BCUT2D eigenvalue weighted by Gasteiger charge is 2.25. The van der Waals surface area contributed by atoms with Crippen LogP contribution in [0.4, 0.5) is 0 Å². The van der Waals surface area contributed by atoms with E-state index in [-0.39, 0.29) is 10.3 Å². The summed E-state index contributed by atoms with van der Waals surface area (Å²) in [6.45, 7) is 6.38. The fraction of sp³-hybridized carbons (Fsp3) is 0.750. The summed E-state index contributed by atoms with van der Waals surface area (Å²) in [6.07, 6.45) is 2.04. The third-order valence-corrected chi connectivity index (χ3v) is 3.57. The van der Waals surface area contributed by atoms with Crippen molar-refractivity contribution in [2.45, 2.75) is 39.0 Å². The normalized spacial score (nSPS) is 11.9. The lowest BCUT2D eigenvalue weighted by atomic mass is 9.86. The molecule has 0 aromatic carbocycles. The van der Waals surface area contributed by atoms with E-state index in [0.29, 0.717) is 0 Å². The van der Waals surface area contributed by atoms with Gasteiger partial charge in [-0.05, 0) is 12.8 Å². The second-order valence-electron chi connectivity index (χ2n) is 3.19. The van der Waals surface area contributed by atoms with Crippen LogP contribution in [0.5, 0.6) is 0 Å². The molecule has 0 unspecified atom stereocenters. The number of hydrogen-bond acceptors (Lipinski definition) is 3. The Morgan fingerprint density at radius 1 is 1.50 bits per heavy atom. The van der Waals surface area contributed by atoms with E-state index in [1.165, 1.54) is 11.3 Å². The summed E-state index contributed by atoms with van der Waals surface area (Å²) in [5.74, 6) is 0. The van der Waals surface area contributed by atoms with Crippen molar-refractivity contribution in [2.75, 3.05) is 0 Å². The highest BCUT2D eigenvalue weighted by molar-refractivity contribution is 7.09. The number of aromatic nitrogens is 2. The van der Waals surface area contributed by atoms with Gasteiger partial charge in [0.1, 0.15) is 5.01 Å². The summed E-state index contributed by atoms with van der Waals surface area (Å²) < 4.78 is 0. The smallest absolute Gasteiger partial charge is 0.255 e. The number of H-pyrrole nitrogens is 1. The number of nitrogens with one attached hydrogen (secondary N) is 1. The second-order valence-corrected chi connectivity index (χ2v) is 4.15. The Bertz CT molecular complexity index is 298. The molecule has 0 aliphatic heterocycles. The SMILES string of the molecule is CCC(C)(CC)c1n[nH]c(=O)s1. The van der Waals surface area contributed by atoms with Crippen molar-refractivity contribution < 1.29 is 0 Å². The van der Waals surface area contributed by atoms with Crippen LogP contribution in [-0.4, -0.2) is 10.2 Å². The van der Waals surface area contributed by atoms with Crippen molar-refractivity contribution in [2.24, 2.45) is 0 Å². The Balaban J connectivity index is 3.02. The van der Waals surface area contributed by atoms with Gasteiger partial charge in [0.05, 0.1) is 0 Å². The first-order valence-corrected chi connectivity index (χ1v) is 5.00. The van der Waals surface area contributed by atoms with E-state index in [4.69, 9.17) is 0 Å². The van der Waals surface area contributed by atoms with Crippen LogP contribution < -0.4 is 4.87 Å². The van der Waals surface area contributed by atoms with Gasteiger partial charge < -0.3 is 0 Å². The van der Waals surface area contributed by atoms with Crippen molar-refractivity contribution in [3.63, 3.8) is 0 Å². The summed E-state index contributed by atoms with van der Waals surface area (Å²) in [7, 11) is 0. The lowest BCUT2D eigenvalue weighted by Crippen LogP contribution is -2.19. The summed E-state index contributed by atoms with van der Waals surface area (Å²) >= 11 is 1.22. The van der Waals surface area contributed by atoms with Crippen LogP contribution in [0.1, 0.15) is 38.6 Å². The first-order chi connectivity index (χ1) is 5.62. The van der Waals surface area contributed by atoms with Crippen molar-refractivity contribution in [3.05, 3.63) is 14.7 Å². The summed E-state index contributed by atoms with van der Waals surface area (Å²) in [5, 5.41) is 7.39. The van der Waals surface area contributed by atoms with Gasteiger partial charge in [0.15, 0.2) is 0 Å². The molecule has 0 saturated heterocycles. The largest absolute Gasteiger partial charge is 0.322 e. The Kier molecular flexibility index (Phi) is 2.67. The number of hydrogen-bond donors (Lipinski definition) is 1. The average molecular weight is 186 g/mol. The average Bonchev–Trinajstić information content (AvgIpc) is 2.51. The number of nitrogens with zero attached hydrogens (tertiary/aromatic N) is 1. The van der Waals surface area contributed by atoms with Crippen LogP contribution >= 0.6 is 11.3 Å². The molecule has 0 spiro atoms. The minimum atomic E-state index is -0.0573. The zero-order valence-corrected chi connectivity index (χ0v) is 8.49. The molecule has 0 radical (unpaired) electrons. The van der Waals surface area contributed by atoms with Gasteiger partial charge in [-0.15, -0.1) is 0 Å². The fourth-order valence-corrected chi connectivity index (χ4v) is 1.93. The maximum absolute atomic E-state index is 10.9. The van der Waals surface area contributed by atoms with E-state index < -0.39 is 0 Å². The Morgan fingerprint density at radius 3 is 2.42 bits per heavy atom. The first kappa shape index (κ1) is 9.45. The Morgan fingerprint density at radius 2 is 2.08 bits per heavy atom. The molecule has 1 aromatic rings. The van der Waals surface area contributed by atoms with Crippen LogP contribution in [-0.2, 0) is 5.41 Å². The van der Waals surface area contributed by atoms with E-state index in [0.717, 1.165) is 17.8 Å². The van der Waals surface area contributed by atoms with Gasteiger partial charge in [-0.3, -0.25) is 4.79 Å². The van der Waals surface area contributed by atoms with Gasteiger partial charge in [0.2, 0.25) is 0 Å². The molecule has 0 saturated carbocycles. The molecular formula is C8H14N2OS. The molecule has 0 aliphatic rings. The molecular weight excluding hydrogens is 172 g/mol. The summed E-state index contributed by atoms with van der Waals surface area (Å²) in [6, 6.07) is 0. The van der Waals surface area contributed by atoms with Crippen molar-refractivity contribution >= 4 is 11.3 Å². The predicted octanol–water partition coefficient (Wildman–Crippen LogP) is 1.91. The highest BCUT2D eigenvalue weighted by atomic mass is 32.1. The first-order valence-electron chi connectivity index (χ1n) is 4.18. The quantitative estimate of drug-likeness (QED) is 0.783. The molecule has 1 rings (SSSR count). The molecule has 0 bridgehead atoms. The van der Waals surface area contributed by atoms with Crippen LogP contribution in [0.15, 0.2) is 4.79 Å². The lowest BCUT2D eigenvalue weighted by Gasteiger charge is -2.22. The van der Waals surface area contributed by atoms with Gasteiger partial charge in [-0.25, -0.2) is 5.10 Å². The molecule has 3 nitrogen and oxygen atoms in total. The molecule has 1 aromatic heterocycles. The third-order valence-electron chi connectivity index (χ3n) is 2.52. The molecule has 12 heavy (non-hydrogen) atoms.